The van der Waals surface area contributed by atoms with Crippen LogP contribution in [0.2, 0.25) is 0 Å². The molecule has 0 atom stereocenters. The number of ether oxygens (including phenoxy) is 2. The van der Waals surface area contributed by atoms with Crippen molar-refractivity contribution in [1.29, 1.82) is 0 Å². The van der Waals surface area contributed by atoms with E-state index in [-0.39, 0.29) is 12.3 Å². The van der Waals surface area contributed by atoms with Gasteiger partial charge in [0, 0.05) is 6.07 Å². The Morgan fingerprint density at radius 3 is 2.63 bits per heavy atom. The summed E-state index contributed by atoms with van der Waals surface area (Å²) in [5.74, 6) is -3.17. The van der Waals surface area contributed by atoms with Crippen LogP contribution in [0.25, 0.3) is 0 Å². The average molecular weight is 300 g/mol. The lowest BCUT2D eigenvalue weighted by Crippen LogP contribution is -2.18. The zero-order valence-corrected chi connectivity index (χ0v) is 10.4. The second kappa shape index (κ2) is 5.96. The number of alkyl halides is 4. The molecule has 0 spiro atoms. The molecule has 5 nitrogen and oxygen atoms in total. The molecule has 0 unspecified atom stereocenters. The zero-order chi connectivity index (χ0) is 14.6. The maximum absolute atomic E-state index is 12.1. The van der Waals surface area contributed by atoms with E-state index in [2.05, 4.69) is 14.5 Å². The molecule has 0 saturated heterocycles. The van der Waals surface area contributed by atoms with Gasteiger partial charge in [0.15, 0.2) is 17.2 Å². The fourth-order valence-electron chi connectivity index (χ4n) is 1.17. The van der Waals surface area contributed by atoms with Crippen molar-refractivity contribution >= 4 is 17.6 Å². The molecule has 0 saturated carbocycles. The van der Waals surface area contributed by atoms with Gasteiger partial charge in [0.2, 0.25) is 0 Å². The zero-order valence-electron chi connectivity index (χ0n) is 9.62. The number of esters is 1. The Kier molecular flexibility index (Phi) is 4.82. The smallest absolute Gasteiger partial charge is 0.503 e. The van der Waals surface area contributed by atoms with Crippen molar-refractivity contribution in [3.8, 4) is 11.5 Å². The van der Waals surface area contributed by atoms with E-state index in [9.17, 15) is 23.1 Å². The molecule has 106 valence electrons. The summed E-state index contributed by atoms with van der Waals surface area (Å²) in [6.45, 7) is 1.54. The summed E-state index contributed by atoms with van der Waals surface area (Å²) < 4.78 is 44.6. The Morgan fingerprint density at radius 2 is 2.16 bits per heavy atom. The maximum Gasteiger partial charge on any atom is 0.573 e. The Morgan fingerprint density at radius 1 is 1.53 bits per heavy atom. The molecule has 0 amide bonds. The Labute approximate surface area is 110 Å². The van der Waals surface area contributed by atoms with Gasteiger partial charge in [-0.2, -0.15) is 0 Å². The van der Waals surface area contributed by atoms with E-state index in [4.69, 9.17) is 11.6 Å². The number of halogens is 4. The van der Waals surface area contributed by atoms with E-state index in [1.807, 2.05) is 0 Å². The number of carbonyl (C=O) groups excluding carboxylic acids is 1. The fraction of sp³-hybridized carbons (Fsp3) is 0.400. The molecule has 0 aliphatic rings. The third-order valence-electron chi connectivity index (χ3n) is 1.87. The normalized spacial score (nSPS) is 11.2. The van der Waals surface area contributed by atoms with Gasteiger partial charge in [-0.05, 0) is 6.92 Å². The first-order valence-corrected chi connectivity index (χ1v) is 5.53. The highest BCUT2D eigenvalue weighted by atomic mass is 35.5. The molecule has 0 bridgehead atoms. The van der Waals surface area contributed by atoms with Gasteiger partial charge in [-0.25, -0.2) is 9.78 Å². The van der Waals surface area contributed by atoms with Crippen LogP contribution in [0.15, 0.2) is 6.07 Å². The van der Waals surface area contributed by atoms with Crippen LogP contribution in [-0.4, -0.2) is 29.0 Å². The highest BCUT2D eigenvalue weighted by Gasteiger charge is 2.33. The molecule has 19 heavy (non-hydrogen) atoms. The van der Waals surface area contributed by atoms with Crippen molar-refractivity contribution in [3.63, 3.8) is 0 Å². The lowest BCUT2D eigenvalue weighted by molar-refractivity contribution is -0.275. The van der Waals surface area contributed by atoms with Gasteiger partial charge < -0.3 is 14.6 Å². The second-order valence-corrected chi connectivity index (χ2v) is 3.47. The van der Waals surface area contributed by atoms with Crippen LogP contribution in [0, 0.1) is 0 Å². The number of aromatic nitrogens is 1. The molecule has 1 N–H and O–H groups in total. The summed E-state index contributed by atoms with van der Waals surface area (Å²) in [7, 11) is 0. The topological polar surface area (TPSA) is 68.7 Å². The fourth-order valence-corrected chi connectivity index (χ4v) is 1.36. The van der Waals surface area contributed by atoms with Crippen LogP contribution < -0.4 is 4.74 Å². The van der Waals surface area contributed by atoms with E-state index in [0.29, 0.717) is 6.07 Å². The van der Waals surface area contributed by atoms with Crippen LogP contribution in [0.5, 0.6) is 11.5 Å². The Balaban J connectivity index is 3.22. The van der Waals surface area contributed by atoms with Crippen molar-refractivity contribution in [2.24, 2.45) is 0 Å². The molecule has 0 radical (unpaired) electrons. The number of carbonyl (C=O) groups is 1. The van der Waals surface area contributed by atoms with Crippen LogP contribution in [0.1, 0.15) is 23.1 Å². The first kappa shape index (κ1) is 15.4. The van der Waals surface area contributed by atoms with Gasteiger partial charge >= 0.3 is 12.3 Å². The van der Waals surface area contributed by atoms with E-state index < -0.39 is 35.4 Å². The molecule has 0 fully saturated rings. The summed E-state index contributed by atoms with van der Waals surface area (Å²) in [5, 5.41) is 9.46. The molecular formula is C10H9ClF3NO4. The molecule has 0 aromatic carbocycles. The maximum atomic E-state index is 12.1. The lowest BCUT2D eigenvalue weighted by Gasteiger charge is -2.13. The van der Waals surface area contributed by atoms with Crippen molar-refractivity contribution in [2.45, 2.75) is 19.2 Å². The van der Waals surface area contributed by atoms with Gasteiger partial charge in [0.05, 0.1) is 12.5 Å². The molecular weight excluding hydrogens is 291 g/mol. The minimum Gasteiger partial charge on any atom is -0.503 e. The summed E-state index contributed by atoms with van der Waals surface area (Å²) in [6.07, 6.45) is -5.02. The van der Waals surface area contributed by atoms with Crippen molar-refractivity contribution < 1.29 is 32.5 Å². The Hall–Kier alpha value is -1.70. The monoisotopic (exact) mass is 299 g/mol. The predicted octanol–water partition coefficient (Wildman–Crippen LogP) is 2.60. The first-order valence-electron chi connectivity index (χ1n) is 5.00. The van der Waals surface area contributed by atoms with E-state index in [1.54, 1.807) is 0 Å². The first-order chi connectivity index (χ1) is 8.78. The van der Waals surface area contributed by atoms with Gasteiger partial charge in [-0.15, -0.1) is 24.8 Å². The predicted molar refractivity (Wildman–Crippen MR) is 58.1 cm³/mol. The summed E-state index contributed by atoms with van der Waals surface area (Å²) in [5.41, 5.74) is -0.749. The number of rotatable bonds is 4. The van der Waals surface area contributed by atoms with Crippen LogP contribution in [0.4, 0.5) is 13.2 Å². The minimum absolute atomic E-state index is 0.0209. The van der Waals surface area contributed by atoms with Crippen LogP contribution in [-0.2, 0) is 10.6 Å². The molecule has 1 aromatic rings. The van der Waals surface area contributed by atoms with E-state index >= 15 is 0 Å². The molecule has 9 heteroatoms. The minimum atomic E-state index is -5.02. The quantitative estimate of drug-likeness (QED) is 0.683. The van der Waals surface area contributed by atoms with Crippen molar-refractivity contribution in [1.82, 2.24) is 4.98 Å². The van der Waals surface area contributed by atoms with E-state index in [0.717, 1.165) is 0 Å². The average Bonchev–Trinajstić information content (AvgIpc) is 2.30. The molecule has 1 heterocycles. The number of hydrogen-bond acceptors (Lipinski definition) is 5. The molecule has 0 aliphatic carbocycles. The third-order valence-corrected chi connectivity index (χ3v) is 2.12. The SMILES string of the molecule is CCOC(=O)c1cc(OC(F)(F)F)c(O)c(CCl)n1. The van der Waals surface area contributed by atoms with Gasteiger partial charge in [-0.3, -0.25) is 0 Å². The summed E-state index contributed by atoms with van der Waals surface area (Å²) in [6, 6.07) is 0.636. The Bertz CT molecular complexity index is 479. The number of pyridine rings is 1. The highest BCUT2D eigenvalue weighted by molar-refractivity contribution is 6.17. The number of nitrogens with zero attached hydrogens (tertiary/aromatic N) is 1. The standard InChI is InChI=1S/C10H9ClF3NO4/c1-2-18-9(17)5-3-7(19-10(12,13)14)8(16)6(4-11)15-5/h3,16H,2,4H2,1H3. The lowest BCUT2D eigenvalue weighted by atomic mass is 10.2. The highest BCUT2D eigenvalue weighted by Crippen LogP contribution is 2.34. The van der Waals surface area contributed by atoms with Gasteiger partial charge in [-0.1, -0.05) is 0 Å². The summed E-state index contributed by atoms with van der Waals surface area (Å²) in [4.78, 5) is 15.0. The van der Waals surface area contributed by atoms with E-state index in [1.165, 1.54) is 6.92 Å². The number of aromatic hydroxyl groups is 1. The van der Waals surface area contributed by atoms with Crippen molar-refractivity contribution in [2.75, 3.05) is 6.61 Å². The summed E-state index contributed by atoms with van der Waals surface area (Å²) >= 11 is 5.42. The third kappa shape index (κ3) is 4.16. The molecule has 1 aromatic heterocycles. The van der Waals surface area contributed by atoms with Crippen molar-refractivity contribution in [3.05, 3.63) is 17.5 Å². The molecule has 1 rings (SSSR count). The van der Waals surface area contributed by atoms with Gasteiger partial charge in [0.1, 0.15) is 5.69 Å². The van der Waals surface area contributed by atoms with Crippen LogP contribution in [0.3, 0.4) is 0 Å². The van der Waals surface area contributed by atoms with Crippen LogP contribution >= 0.6 is 11.6 Å². The number of hydrogen-bond donors (Lipinski definition) is 1. The molecule has 0 aliphatic heterocycles. The van der Waals surface area contributed by atoms with Gasteiger partial charge in [0.25, 0.3) is 0 Å². The second-order valence-electron chi connectivity index (χ2n) is 3.20. The largest absolute Gasteiger partial charge is 0.573 e.